The molecule has 8 nitrogen and oxygen atoms in total. The monoisotopic (exact) mass is 450 g/mol. The molecule has 3 fully saturated rings. The van der Waals surface area contributed by atoms with E-state index in [0.717, 1.165) is 0 Å². The lowest BCUT2D eigenvalue weighted by Gasteiger charge is -2.61. The van der Waals surface area contributed by atoms with Crippen LogP contribution in [-0.2, 0) is 28.6 Å². The maximum absolute atomic E-state index is 12.7. The number of aliphatic hydroxyl groups excluding tert-OH is 1. The molecular weight excluding hydrogens is 416 g/mol. The number of aliphatic hydroxyl groups is 2. The predicted molar refractivity (Wildman–Crippen MR) is 114 cm³/mol. The van der Waals surface area contributed by atoms with Crippen molar-refractivity contribution in [2.75, 3.05) is 0 Å². The topological polar surface area (TPSA) is 119 Å². The zero-order valence-electron chi connectivity index (χ0n) is 19.6. The SMILES string of the molecule is C=C1C(=O)OC2C1C(OC(=O)C(C)C)C1C(C)(O)CCC(O)C1(C)C2OC(=O)/C(C)=C/C. The molecule has 2 N–H and O–H groups in total. The van der Waals surface area contributed by atoms with Crippen LogP contribution in [0.1, 0.15) is 54.4 Å². The van der Waals surface area contributed by atoms with Crippen molar-refractivity contribution in [1.82, 2.24) is 0 Å². The van der Waals surface area contributed by atoms with Gasteiger partial charge in [0.05, 0.1) is 23.5 Å². The first-order valence-electron chi connectivity index (χ1n) is 11.1. The van der Waals surface area contributed by atoms with E-state index in [1.54, 1.807) is 47.6 Å². The van der Waals surface area contributed by atoms with Gasteiger partial charge in [0.1, 0.15) is 12.2 Å². The van der Waals surface area contributed by atoms with Gasteiger partial charge in [0.2, 0.25) is 0 Å². The van der Waals surface area contributed by atoms with Gasteiger partial charge in [-0.3, -0.25) is 4.79 Å². The molecule has 8 heteroatoms. The second kappa shape index (κ2) is 8.30. The molecule has 2 aliphatic carbocycles. The number of rotatable bonds is 4. The Kier molecular flexibility index (Phi) is 6.34. The van der Waals surface area contributed by atoms with Gasteiger partial charge in [-0.2, -0.15) is 0 Å². The molecule has 0 spiro atoms. The first-order valence-corrected chi connectivity index (χ1v) is 11.1. The summed E-state index contributed by atoms with van der Waals surface area (Å²) in [6.07, 6.45) is -1.96. The maximum Gasteiger partial charge on any atom is 0.334 e. The highest BCUT2D eigenvalue weighted by atomic mass is 16.6. The van der Waals surface area contributed by atoms with Gasteiger partial charge in [-0.05, 0) is 33.6 Å². The quantitative estimate of drug-likeness (QED) is 0.380. The van der Waals surface area contributed by atoms with Crippen LogP contribution in [0.4, 0.5) is 0 Å². The fourth-order valence-electron chi connectivity index (χ4n) is 5.58. The Morgan fingerprint density at radius 2 is 1.91 bits per heavy atom. The van der Waals surface area contributed by atoms with Crippen molar-refractivity contribution in [1.29, 1.82) is 0 Å². The number of fused-ring (bicyclic) bond motifs is 2. The van der Waals surface area contributed by atoms with Crippen LogP contribution >= 0.6 is 0 Å². The van der Waals surface area contributed by atoms with Crippen LogP contribution in [0.15, 0.2) is 23.8 Å². The maximum atomic E-state index is 12.7. The van der Waals surface area contributed by atoms with E-state index in [1.807, 2.05) is 0 Å². The number of allylic oxidation sites excluding steroid dienone is 1. The lowest BCUT2D eigenvalue weighted by atomic mass is 9.49. The third kappa shape index (κ3) is 3.67. The summed E-state index contributed by atoms with van der Waals surface area (Å²) in [7, 11) is 0. The molecule has 178 valence electrons. The van der Waals surface area contributed by atoms with Crippen molar-refractivity contribution in [3.05, 3.63) is 23.8 Å². The van der Waals surface area contributed by atoms with E-state index >= 15 is 0 Å². The van der Waals surface area contributed by atoms with Crippen molar-refractivity contribution in [3.8, 4) is 0 Å². The van der Waals surface area contributed by atoms with E-state index in [9.17, 15) is 24.6 Å². The molecule has 0 aromatic carbocycles. The summed E-state index contributed by atoms with van der Waals surface area (Å²) in [4.78, 5) is 37.9. The van der Waals surface area contributed by atoms with Crippen molar-refractivity contribution >= 4 is 17.9 Å². The number of carbonyl (C=O) groups excluding carboxylic acids is 3. The fraction of sp³-hybridized carbons (Fsp3) is 0.708. The average molecular weight is 451 g/mol. The van der Waals surface area contributed by atoms with Gasteiger partial charge in [0.15, 0.2) is 6.10 Å². The molecule has 3 aliphatic rings. The number of ether oxygens (including phenoxy) is 3. The van der Waals surface area contributed by atoms with Crippen LogP contribution in [0.3, 0.4) is 0 Å². The van der Waals surface area contributed by atoms with E-state index in [2.05, 4.69) is 6.58 Å². The lowest BCUT2D eigenvalue weighted by Crippen LogP contribution is -2.72. The first-order chi connectivity index (χ1) is 14.8. The van der Waals surface area contributed by atoms with Crippen LogP contribution in [0.2, 0.25) is 0 Å². The van der Waals surface area contributed by atoms with Crippen LogP contribution in [0.5, 0.6) is 0 Å². The smallest absolute Gasteiger partial charge is 0.334 e. The zero-order valence-corrected chi connectivity index (χ0v) is 19.6. The predicted octanol–water partition coefficient (Wildman–Crippen LogP) is 2.07. The Morgan fingerprint density at radius 3 is 2.47 bits per heavy atom. The normalized spacial score (nSPS) is 41.6. The van der Waals surface area contributed by atoms with Crippen molar-refractivity contribution in [3.63, 3.8) is 0 Å². The summed E-state index contributed by atoms with van der Waals surface area (Å²) >= 11 is 0. The van der Waals surface area contributed by atoms with Crippen molar-refractivity contribution in [2.24, 2.45) is 23.2 Å². The highest BCUT2D eigenvalue weighted by molar-refractivity contribution is 5.92. The molecule has 32 heavy (non-hydrogen) atoms. The summed E-state index contributed by atoms with van der Waals surface area (Å²) < 4.78 is 17.3. The Hall–Kier alpha value is -2.19. The van der Waals surface area contributed by atoms with Gasteiger partial charge in [0.25, 0.3) is 0 Å². The molecule has 2 saturated carbocycles. The third-order valence-electron chi connectivity index (χ3n) is 7.55. The molecule has 1 aliphatic heterocycles. The molecule has 8 unspecified atom stereocenters. The van der Waals surface area contributed by atoms with Gasteiger partial charge >= 0.3 is 17.9 Å². The molecule has 0 aromatic rings. The van der Waals surface area contributed by atoms with Crippen LogP contribution in [-0.4, -0.2) is 58.1 Å². The summed E-state index contributed by atoms with van der Waals surface area (Å²) in [5.41, 5.74) is -2.17. The van der Waals surface area contributed by atoms with Gasteiger partial charge in [-0.25, -0.2) is 9.59 Å². The minimum absolute atomic E-state index is 0.0956. The number of hydrogen-bond donors (Lipinski definition) is 2. The Labute approximate surface area is 188 Å². The summed E-state index contributed by atoms with van der Waals surface area (Å²) in [6.45, 7) is 13.8. The molecule has 0 amide bonds. The molecule has 3 rings (SSSR count). The number of hydrogen-bond acceptors (Lipinski definition) is 8. The largest absolute Gasteiger partial charge is 0.461 e. The molecule has 0 aromatic heterocycles. The van der Waals surface area contributed by atoms with Gasteiger partial charge < -0.3 is 24.4 Å². The Morgan fingerprint density at radius 1 is 1.28 bits per heavy atom. The summed E-state index contributed by atoms with van der Waals surface area (Å²) in [5, 5.41) is 22.6. The van der Waals surface area contributed by atoms with Gasteiger partial charge in [0, 0.05) is 22.5 Å². The van der Waals surface area contributed by atoms with Crippen molar-refractivity contribution in [2.45, 2.75) is 84.4 Å². The number of esters is 3. The summed E-state index contributed by atoms with van der Waals surface area (Å²) in [5.74, 6) is -3.89. The molecule has 1 saturated heterocycles. The van der Waals surface area contributed by atoms with Crippen LogP contribution in [0, 0.1) is 23.2 Å². The minimum Gasteiger partial charge on any atom is -0.461 e. The summed E-state index contributed by atoms with van der Waals surface area (Å²) in [6, 6.07) is 0. The standard InChI is InChI=1S/C24H34O8/c1-8-12(4)21(27)32-19-17-15(13(5)22(28)31-17)16(30-20(26)11(2)3)18-23(6,29)10-9-14(25)24(18,19)7/h8,11,14-19,25,29H,5,9-10H2,1-4,6-7H3/b12-8+. The Balaban J connectivity index is 2.19. The van der Waals surface area contributed by atoms with E-state index in [4.69, 9.17) is 14.2 Å². The molecule has 1 heterocycles. The van der Waals surface area contributed by atoms with E-state index in [0.29, 0.717) is 5.57 Å². The van der Waals surface area contributed by atoms with Crippen LogP contribution in [0.25, 0.3) is 0 Å². The van der Waals surface area contributed by atoms with E-state index < -0.39 is 71.1 Å². The van der Waals surface area contributed by atoms with E-state index in [-0.39, 0.29) is 18.4 Å². The molecular formula is C24H34O8. The lowest BCUT2D eigenvalue weighted by molar-refractivity contribution is -0.277. The minimum atomic E-state index is -1.37. The third-order valence-corrected chi connectivity index (χ3v) is 7.55. The van der Waals surface area contributed by atoms with Crippen LogP contribution < -0.4 is 0 Å². The highest BCUT2D eigenvalue weighted by Gasteiger charge is 2.71. The zero-order chi connectivity index (χ0) is 24.2. The van der Waals surface area contributed by atoms with E-state index in [1.165, 1.54) is 0 Å². The second-order valence-corrected chi connectivity index (χ2v) is 10.0. The fourth-order valence-corrected chi connectivity index (χ4v) is 5.58. The Bertz CT molecular complexity index is 856. The second-order valence-electron chi connectivity index (χ2n) is 10.0. The number of carbonyl (C=O) groups is 3. The molecule has 8 atom stereocenters. The molecule has 0 bridgehead atoms. The van der Waals surface area contributed by atoms with Gasteiger partial charge in [-0.1, -0.05) is 33.4 Å². The first kappa shape index (κ1) is 24.5. The average Bonchev–Trinajstić information content (AvgIpc) is 3.01. The molecule has 0 radical (unpaired) electrons. The van der Waals surface area contributed by atoms with Gasteiger partial charge in [-0.15, -0.1) is 0 Å². The van der Waals surface area contributed by atoms with Crippen molar-refractivity contribution < 1.29 is 38.8 Å². The highest BCUT2D eigenvalue weighted by Crippen LogP contribution is 2.60.